The zero-order chi connectivity index (χ0) is 17.5. The van der Waals surface area contributed by atoms with Crippen molar-refractivity contribution in [3.05, 3.63) is 71.8 Å². The molecule has 0 radical (unpaired) electrons. The van der Waals surface area contributed by atoms with Crippen LogP contribution in [0.25, 0.3) is 0 Å². The van der Waals surface area contributed by atoms with Crippen LogP contribution in [0.15, 0.2) is 60.7 Å². The Labute approximate surface area is 149 Å². The van der Waals surface area contributed by atoms with Gasteiger partial charge in [0.15, 0.2) is 0 Å². The molecule has 132 valence electrons. The smallest absolute Gasteiger partial charge is 0.317 e. The van der Waals surface area contributed by atoms with Gasteiger partial charge in [0.1, 0.15) is 0 Å². The van der Waals surface area contributed by atoms with Crippen molar-refractivity contribution in [1.29, 1.82) is 0 Å². The SMILES string of the molecule is CN(Cc1ccccc1)C(=O)NCC1(c2ccccc2)CCOCC1. The van der Waals surface area contributed by atoms with Gasteiger partial charge in [0.2, 0.25) is 0 Å². The number of carbonyl (C=O) groups is 1. The number of amides is 2. The summed E-state index contributed by atoms with van der Waals surface area (Å²) in [5.41, 5.74) is 2.37. The van der Waals surface area contributed by atoms with Crippen LogP contribution in [0.1, 0.15) is 24.0 Å². The summed E-state index contributed by atoms with van der Waals surface area (Å²) >= 11 is 0. The molecular formula is C21H26N2O2. The van der Waals surface area contributed by atoms with Gasteiger partial charge < -0.3 is 15.0 Å². The van der Waals surface area contributed by atoms with Crippen molar-refractivity contribution in [1.82, 2.24) is 10.2 Å². The van der Waals surface area contributed by atoms with Crippen LogP contribution in [0.2, 0.25) is 0 Å². The van der Waals surface area contributed by atoms with Gasteiger partial charge in [0.25, 0.3) is 0 Å². The van der Waals surface area contributed by atoms with Gasteiger partial charge in [-0.3, -0.25) is 0 Å². The molecule has 0 bridgehead atoms. The van der Waals surface area contributed by atoms with E-state index in [1.807, 2.05) is 43.4 Å². The summed E-state index contributed by atoms with van der Waals surface area (Å²) in [4.78, 5) is 14.3. The maximum atomic E-state index is 12.5. The maximum absolute atomic E-state index is 12.5. The molecule has 2 aromatic rings. The zero-order valence-electron chi connectivity index (χ0n) is 14.8. The van der Waals surface area contributed by atoms with E-state index in [1.165, 1.54) is 5.56 Å². The van der Waals surface area contributed by atoms with E-state index < -0.39 is 0 Å². The van der Waals surface area contributed by atoms with Crippen LogP contribution in [-0.4, -0.2) is 37.7 Å². The molecule has 1 N–H and O–H groups in total. The largest absolute Gasteiger partial charge is 0.381 e. The van der Waals surface area contributed by atoms with E-state index in [4.69, 9.17) is 4.74 Å². The van der Waals surface area contributed by atoms with Gasteiger partial charge in [-0.1, -0.05) is 60.7 Å². The number of carbonyl (C=O) groups excluding carboxylic acids is 1. The molecule has 1 aliphatic heterocycles. The summed E-state index contributed by atoms with van der Waals surface area (Å²) in [6.07, 6.45) is 1.86. The Kier molecular flexibility index (Phi) is 5.71. The van der Waals surface area contributed by atoms with E-state index in [2.05, 4.69) is 29.6 Å². The molecule has 0 spiro atoms. The minimum absolute atomic E-state index is 0.0364. The van der Waals surface area contributed by atoms with E-state index in [0.29, 0.717) is 13.1 Å². The van der Waals surface area contributed by atoms with Crippen molar-refractivity contribution in [2.75, 3.05) is 26.8 Å². The fourth-order valence-electron chi connectivity index (χ4n) is 3.43. The summed E-state index contributed by atoms with van der Waals surface area (Å²) in [6.45, 7) is 2.72. The van der Waals surface area contributed by atoms with Gasteiger partial charge in [0, 0.05) is 38.8 Å². The molecule has 0 atom stereocenters. The molecule has 0 aliphatic carbocycles. The van der Waals surface area contributed by atoms with Gasteiger partial charge in [-0.15, -0.1) is 0 Å². The minimum Gasteiger partial charge on any atom is -0.381 e. The molecule has 0 unspecified atom stereocenters. The Morgan fingerprint density at radius 3 is 2.28 bits per heavy atom. The Balaban J connectivity index is 1.64. The van der Waals surface area contributed by atoms with Crippen LogP contribution < -0.4 is 5.32 Å². The summed E-state index contributed by atoms with van der Waals surface area (Å²) in [5.74, 6) is 0. The summed E-state index contributed by atoms with van der Waals surface area (Å²) in [5, 5.41) is 3.14. The van der Waals surface area contributed by atoms with E-state index in [0.717, 1.165) is 31.6 Å². The summed E-state index contributed by atoms with van der Waals surface area (Å²) in [7, 11) is 1.83. The van der Waals surface area contributed by atoms with Crippen molar-refractivity contribution < 1.29 is 9.53 Å². The first kappa shape index (κ1) is 17.5. The molecule has 4 nitrogen and oxygen atoms in total. The molecule has 0 saturated carbocycles. The predicted octanol–water partition coefficient (Wildman–Crippen LogP) is 3.58. The van der Waals surface area contributed by atoms with Crippen LogP contribution in [0.4, 0.5) is 4.79 Å². The lowest BCUT2D eigenvalue weighted by atomic mass is 9.74. The molecule has 2 amide bonds. The number of hydrogen-bond acceptors (Lipinski definition) is 2. The average Bonchev–Trinajstić information content (AvgIpc) is 2.68. The quantitative estimate of drug-likeness (QED) is 0.905. The van der Waals surface area contributed by atoms with Crippen LogP contribution in [0, 0.1) is 0 Å². The number of nitrogens with zero attached hydrogens (tertiary/aromatic N) is 1. The third kappa shape index (κ3) is 4.40. The van der Waals surface area contributed by atoms with Crippen molar-refractivity contribution in [2.24, 2.45) is 0 Å². The standard InChI is InChI=1S/C21H26N2O2/c1-23(16-18-8-4-2-5-9-18)20(24)22-17-21(12-14-25-15-13-21)19-10-6-3-7-11-19/h2-11H,12-17H2,1H3,(H,22,24). The lowest BCUT2D eigenvalue weighted by molar-refractivity contribution is 0.0502. The van der Waals surface area contributed by atoms with Crippen LogP contribution >= 0.6 is 0 Å². The lowest BCUT2D eigenvalue weighted by Crippen LogP contribution is -2.47. The maximum Gasteiger partial charge on any atom is 0.317 e. The minimum atomic E-state index is -0.0389. The second-order valence-electron chi connectivity index (χ2n) is 6.76. The van der Waals surface area contributed by atoms with E-state index in [9.17, 15) is 4.79 Å². The highest BCUT2D eigenvalue weighted by Crippen LogP contribution is 2.34. The molecule has 25 heavy (non-hydrogen) atoms. The van der Waals surface area contributed by atoms with E-state index >= 15 is 0 Å². The topological polar surface area (TPSA) is 41.6 Å². The molecule has 3 rings (SSSR count). The molecular weight excluding hydrogens is 312 g/mol. The normalized spacial score (nSPS) is 16.2. The number of benzene rings is 2. The Morgan fingerprint density at radius 1 is 1.04 bits per heavy atom. The second-order valence-corrected chi connectivity index (χ2v) is 6.76. The highest BCUT2D eigenvalue weighted by Gasteiger charge is 2.34. The van der Waals surface area contributed by atoms with Gasteiger partial charge in [0.05, 0.1) is 0 Å². The van der Waals surface area contributed by atoms with Crippen molar-refractivity contribution in [3.8, 4) is 0 Å². The first-order chi connectivity index (χ1) is 12.2. The van der Waals surface area contributed by atoms with Gasteiger partial charge in [-0.25, -0.2) is 4.79 Å². The van der Waals surface area contributed by atoms with Gasteiger partial charge in [-0.2, -0.15) is 0 Å². The Hall–Kier alpha value is -2.33. The molecule has 0 aromatic heterocycles. The summed E-state index contributed by atoms with van der Waals surface area (Å²) in [6, 6.07) is 20.5. The number of urea groups is 1. The number of rotatable bonds is 5. The monoisotopic (exact) mass is 338 g/mol. The first-order valence-corrected chi connectivity index (χ1v) is 8.86. The van der Waals surface area contributed by atoms with Crippen molar-refractivity contribution in [3.63, 3.8) is 0 Å². The molecule has 1 saturated heterocycles. The average molecular weight is 338 g/mol. The first-order valence-electron chi connectivity index (χ1n) is 8.86. The van der Waals surface area contributed by atoms with Gasteiger partial charge >= 0.3 is 6.03 Å². The van der Waals surface area contributed by atoms with Crippen LogP contribution in [0.5, 0.6) is 0 Å². The van der Waals surface area contributed by atoms with Crippen molar-refractivity contribution in [2.45, 2.75) is 24.8 Å². The third-order valence-electron chi connectivity index (χ3n) is 5.02. The van der Waals surface area contributed by atoms with Gasteiger partial charge in [-0.05, 0) is 24.0 Å². The molecule has 2 aromatic carbocycles. The number of ether oxygens (including phenoxy) is 1. The summed E-state index contributed by atoms with van der Waals surface area (Å²) < 4.78 is 5.56. The second kappa shape index (κ2) is 8.17. The Bertz CT molecular complexity index is 667. The molecule has 1 heterocycles. The predicted molar refractivity (Wildman–Crippen MR) is 99.5 cm³/mol. The van der Waals surface area contributed by atoms with Crippen molar-refractivity contribution >= 4 is 6.03 Å². The third-order valence-corrected chi connectivity index (χ3v) is 5.02. The van der Waals surface area contributed by atoms with Crippen LogP contribution in [-0.2, 0) is 16.7 Å². The molecule has 1 fully saturated rings. The highest BCUT2D eigenvalue weighted by molar-refractivity contribution is 5.74. The number of hydrogen-bond donors (Lipinski definition) is 1. The van der Waals surface area contributed by atoms with Crippen LogP contribution in [0.3, 0.4) is 0 Å². The fraction of sp³-hybridized carbons (Fsp3) is 0.381. The van der Waals surface area contributed by atoms with E-state index in [-0.39, 0.29) is 11.4 Å². The highest BCUT2D eigenvalue weighted by atomic mass is 16.5. The lowest BCUT2D eigenvalue weighted by Gasteiger charge is -2.38. The zero-order valence-corrected chi connectivity index (χ0v) is 14.8. The molecule has 4 heteroatoms. The number of nitrogens with one attached hydrogen (secondary N) is 1. The molecule has 1 aliphatic rings. The van der Waals surface area contributed by atoms with E-state index in [1.54, 1.807) is 4.90 Å². The fourth-order valence-corrected chi connectivity index (χ4v) is 3.43. The Morgan fingerprint density at radius 2 is 1.64 bits per heavy atom.